The smallest absolute Gasteiger partial charge is 0.247 e. The molecule has 2 heterocycles. The van der Waals surface area contributed by atoms with E-state index in [1.165, 1.54) is 0 Å². The molecule has 2 aromatic rings. The minimum Gasteiger partial charge on any atom is -0.455 e. The molecular formula is C30H35ClN2O10. The summed E-state index contributed by atoms with van der Waals surface area (Å²) < 4.78 is 22.2. The van der Waals surface area contributed by atoms with Gasteiger partial charge in [0, 0.05) is 10.6 Å². The van der Waals surface area contributed by atoms with Gasteiger partial charge in [-0.15, -0.1) is 0 Å². The molecule has 3 aliphatic rings. The average molecular weight is 619 g/mol. The molecule has 1 aliphatic carbocycles. The standard InChI is InChI=1S/C30H35ClN2O10/c1-15(30(38)32-23-24(35)26(37)29-28(25(23)36)39-14-40-29)10-17-6-8-20(9-7-17)42-22-12-21(34)27(43-22)16(2)33-41-13-18-4-3-5-19(31)11-18/h3-11,21-26,28-29,33-37H,12-14H2,1-2H3,(H,32,38)/t21-,22-,23-,24+,25-,26-,28+,29-/m1/s1. The molecule has 2 aliphatic heterocycles. The maximum atomic E-state index is 12.8. The number of benzene rings is 2. The minimum atomic E-state index is -1.43. The number of amides is 1. The summed E-state index contributed by atoms with van der Waals surface area (Å²) in [4.78, 5) is 18.3. The minimum absolute atomic E-state index is 0.113. The lowest BCUT2D eigenvalue weighted by Gasteiger charge is -2.41. The van der Waals surface area contributed by atoms with E-state index in [-0.39, 0.29) is 19.8 Å². The molecule has 13 heteroatoms. The van der Waals surface area contributed by atoms with Crippen molar-refractivity contribution in [3.05, 3.63) is 81.7 Å². The molecule has 2 aromatic carbocycles. The molecule has 1 amide bonds. The number of hydrogen-bond donors (Lipinski definition) is 6. The van der Waals surface area contributed by atoms with Crippen molar-refractivity contribution >= 4 is 23.6 Å². The summed E-state index contributed by atoms with van der Waals surface area (Å²) in [5, 5.41) is 45.0. The molecule has 0 radical (unpaired) electrons. The van der Waals surface area contributed by atoms with Gasteiger partial charge in [-0.3, -0.25) is 15.1 Å². The second kappa shape index (κ2) is 13.6. The highest BCUT2D eigenvalue weighted by atomic mass is 35.5. The number of hydroxylamine groups is 1. The van der Waals surface area contributed by atoms with E-state index in [0.29, 0.717) is 33.4 Å². The third kappa shape index (κ3) is 7.31. The van der Waals surface area contributed by atoms with Crippen molar-refractivity contribution in [1.29, 1.82) is 0 Å². The molecule has 0 bridgehead atoms. The van der Waals surface area contributed by atoms with E-state index in [0.717, 1.165) is 5.56 Å². The fourth-order valence-electron chi connectivity index (χ4n) is 5.20. The lowest BCUT2D eigenvalue weighted by Crippen LogP contribution is -2.67. The van der Waals surface area contributed by atoms with Gasteiger partial charge in [0.05, 0.1) is 24.8 Å². The molecule has 0 unspecified atom stereocenters. The first-order valence-electron chi connectivity index (χ1n) is 13.8. The molecule has 12 nitrogen and oxygen atoms in total. The highest BCUT2D eigenvalue weighted by molar-refractivity contribution is 6.30. The van der Waals surface area contributed by atoms with E-state index in [1.807, 2.05) is 12.1 Å². The van der Waals surface area contributed by atoms with Crippen molar-refractivity contribution in [2.75, 3.05) is 6.79 Å². The molecule has 0 aromatic heterocycles. The summed E-state index contributed by atoms with van der Waals surface area (Å²) in [6, 6.07) is 13.0. The van der Waals surface area contributed by atoms with Gasteiger partial charge in [-0.2, -0.15) is 0 Å². The van der Waals surface area contributed by atoms with Gasteiger partial charge < -0.3 is 44.7 Å². The summed E-state index contributed by atoms with van der Waals surface area (Å²) in [7, 11) is 0. The number of carbonyl (C=O) groups is 1. The Morgan fingerprint density at radius 2 is 1.74 bits per heavy atom. The van der Waals surface area contributed by atoms with Gasteiger partial charge in [0.25, 0.3) is 0 Å². The molecule has 5 rings (SSSR count). The molecular weight excluding hydrogens is 584 g/mol. The number of aliphatic hydroxyl groups is 4. The zero-order valence-electron chi connectivity index (χ0n) is 23.6. The van der Waals surface area contributed by atoms with Crippen molar-refractivity contribution in [2.24, 2.45) is 0 Å². The Kier molecular flexibility index (Phi) is 9.89. The van der Waals surface area contributed by atoms with Crippen molar-refractivity contribution in [2.45, 2.75) is 75.8 Å². The first-order chi connectivity index (χ1) is 20.6. The Hall–Kier alpha value is -3.20. The first kappa shape index (κ1) is 31.2. The van der Waals surface area contributed by atoms with Crippen LogP contribution in [0.2, 0.25) is 5.02 Å². The van der Waals surface area contributed by atoms with Gasteiger partial charge >= 0.3 is 0 Å². The third-order valence-electron chi connectivity index (χ3n) is 7.49. The predicted octanol–water partition coefficient (Wildman–Crippen LogP) is 1.50. The van der Waals surface area contributed by atoms with Crippen LogP contribution >= 0.6 is 11.6 Å². The maximum absolute atomic E-state index is 12.8. The fourth-order valence-corrected chi connectivity index (χ4v) is 5.42. The highest BCUT2D eigenvalue weighted by Crippen LogP contribution is 2.31. The second-order valence-electron chi connectivity index (χ2n) is 10.7. The van der Waals surface area contributed by atoms with Crippen LogP contribution in [-0.4, -0.2) is 82.1 Å². The van der Waals surface area contributed by atoms with Crippen LogP contribution in [0.4, 0.5) is 0 Å². The van der Waals surface area contributed by atoms with Gasteiger partial charge in [-0.25, -0.2) is 0 Å². The van der Waals surface area contributed by atoms with Gasteiger partial charge in [0.1, 0.15) is 49.2 Å². The van der Waals surface area contributed by atoms with Crippen molar-refractivity contribution in [3.63, 3.8) is 0 Å². The van der Waals surface area contributed by atoms with Crippen LogP contribution < -0.4 is 15.5 Å². The number of carbonyl (C=O) groups excluding carboxylic acids is 1. The van der Waals surface area contributed by atoms with Crippen molar-refractivity contribution < 1.29 is 49.0 Å². The van der Waals surface area contributed by atoms with E-state index in [4.69, 9.17) is 35.4 Å². The topological polar surface area (TPSA) is 168 Å². The Balaban J connectivity index is 1.13. The molecule has 6 N–H and O–H groups in total. The number of ether oxygens (including phenoxy) is 4. The highest BCUT2D eigenvalue weighted by Gasteiger charge is 2.53. The van der Waals surface area contributed by atoms with E-state index in [2.05, 4.69) is 10.8 Å². The molecule has 232 valence electrons. The summed E-state index contributed by atoms with van der Waals surface area (Å²) in [5.41, 5.74) is 5.20. The number of halogens is 1. The summed E-state index contributed by atoms with van der Waals surface area (Å²) in [6.07, 6.45) is -5.48. The SMILES string of the molecule is CC(=Cc1ccc(O[C@H]2C[C@@H](O)C(=C(C)NOCc3cccc(Cl)c3)O2)cc1)C(=O)N[C@@H]1[C@H](O)[C@@H](O)[C@H]2OCO[C@H]2[C@@H]1O. The van der Waals surface area contributed by atoms with Crippen molar-refractivity contribution in [1.82, 2.24) is 10.8 Å². The van der Waals surface area contributed by atoms with Gasteiger partial charge in [-0.05, 0) is 55.3 Å². The summed E-state index contributed by atoms with van der Waals surface area (Å²) in [6.45, 7) is 3.47. The normalized spacial score (nSPS) is 31.7. The molecule has 0 spiro atoms. The van der Waals surface area contributed by atoms with Gasteiger partial charge in [0.2, 0.25) is 12.2 Å². The zero-order valence-corrected chi connectivity index (χ0v) is 24.3. The summed E-state index contributed by atoms with van der Waals surface area (Å²) >= 11 is 5.99. The van der Waals surface area contributed by atoms with E-state index < -0.39 is 54.9 Å². The molecule has 3 fully saturated rings. The lowest BCUT2D eigenvalue weighted by atomic mass is 9.83. The number of aliphatic hydroxyl groups excluding tert-OH is 4. The summed E-state index contributed by atoms with van der Waals surface area (Å²) in [5.74, 6) is 0.290. The molecule has 43 heavy (non-hydrogen) atoms. The van der Waals surface area contributed by atoms with Crippen LogP contribution in [0.5, 0.6) is 5.75 Å². The monoisotopic (exact) mass is 618 g/mol. The number of allylic oxidation sites excluding steroid dienone is 1. The third-order valence-corrected chi connectivity index (χ3v) is 7.73. The Morgan fingerprint density at radius 3 is 2.47 bits per heavy atom. The maximum Gasteiger partial charge on any atom is 0.247 e. The van der Waals surface area contributed by atoms with Crippen LogP contribution in [0.15, 0.2) is 65.6 Å². The fraction of sp³-hybridized carbons (Fsp3) is 0.433. The van der Waals surface area contributed by atoms with Crippen LogP contribution in [0, 0.1) is 0 Å². The number of nitrogens with one attached hydrogen (secondary N) is 2. The zero-order chi connectivity index (χ0) is 30.7. The van der Waals surface area contributed by atoms with E-state index >= 15 is 0 Å². The van der Waals surface area contributed by atoms with E-state index in [1.54, 1.807) is 56.3 Å². The first-order valence-corrected chi connectivity index (χ1v) is 14.2. The average Bonchev–Trinajstić information content (AvgIpc) is 3.62. The van der Waals surface area contributed by atoms with Crippen LogP contribution in [0.3, 0.4) is 0 Å². The molecule has 1 saturated carbocycles. The number of hydrogen-bond acceptors (Lipinski definition) is 11. The van der Waals surface area contributed by atoms with Crippen LogP contribution in [0.1, 0.15) is 31.4 Å². The van der Waals surface area contributed by atoms with Gasteiger partial charge in [-0.1, -0.05) is 35.9 Å². The molecule has 2 saturated heterocycles. The van der Waals surface area contributed by atoms with Crippen molar-refractivity contribution in [3.8, 4) is 5.75 Å². The van der Waals surface area contributed by atoms with Crippen LogP contribution in [-0.2, 0) is 30.4 Å². The van der Waals surface area contributed by atoms with E-state index in [9.17, 15) is 25.2 Å². The van der Waals surface area contributed by atoms with Crippen LogP contribution in [0.25, 0.3) is 6.08 Å². The Morgan fingerprint density at radius 1 is 1.02 bits per heavy atom. The lowest BCUT2D eigenvalue weighted by molar-refractivity contribution is -0.155. The quantitative estimate of drug-likeness (QED) is 0.178. The number of rotatable bonds is 9. The predicted molar refractivity (Wildman–Crippen MR) is 153 cm³/mol. The number of fused-ring (bicyclic) bond motifs is 1. The Labute approximate surface area is 253 Å². The second-order valence-corrected chi connectivity index (χ2v) is 11.1. The Bertz CT molecular complexity index is 1350. The van der Waals surface area contributed by atoms with Gasteiger partial charge in [0.15, 0.2) is 5.76 Å². The molecule has 8 atom stereocenters. The largest absolute Gasteiger partial charge is 0.455 e.